The molecular weight excluding hydrogens is 348 g/mol. The summed E-state index contributed by atoms with van der Waals surface area (Å²) in [7, 11) is 1.75. The summed E-state index contributed by atoms with van der Waals surface area (Å²) >= 11 is 0. The van der Waals surface area contributed by atoms with E-state index in [1.165, 1.54) is 0 Å². The second-order valence-electron chi connectivity index (χ2n) is 7.07. The van der Waals surface area contributed by atoms with Crippen molar-refractivity contribution in [2.24, 2.45) is 5.92 Å². The van der Waals surface area contributed by atoms with Gasteiger partial charge in [-0.3, -0.25) is 14.3 Å². The van der Waals surface area contributed by atoms with Crippen LogP contribution in [0.5, 0.6) is 0 Å². The number of amides is 2. The summed E-state index contributed by atoms with van der Waals surface area (Å²) in [6.45, 7) is 6.19. The quantitative estimate of drug-likeness (QED) is 0.760. The van der Waals surface area contributed by atoms with Gasteiger partial charge < -0.3 is 9.80 Å². The maximum atomic E-state index is 12.7. The molecule has 2 aromatic rings. The number of hydrogen-bond donors (Lipinski definition) is 0. The highest BCUT2D eigenvalue weighted by molar-refractivity contribution is 5.92. The summed E-state index contributed by atoms with van der Waals surface area (Å²) in [6.07, 6.45) is 4.06. The van der Waals surface area contributed by atoms with E-state index < -0.39 is 0 Å². The highest BCUT2D eigenvalue weighted by Crippen LogP contribution is 2.22. The summed E-state index contributed by atoms with van der Waals surface area (Å²) in [5, 5.41) is 11.9. The Hall–Kier alpha value is -2.71. The van der Waals surface area contributed by atoms with Crippen molar-refractivity contribution in [3.63, 3.8) is 0 Å². The van der Waals surface area contributed by atoms with Crippen molar-refractivity contribution in [2.45, 2.75) is 46.2 Å². The van der Waals surface area contributed by atoms with Crippen LogP contribution in [0.25, 0.3) is 0 Å². The second-order valence-corrected chi connectivity index (χ2v) is 7.07. The van der Waals surface area contributed by atoms with Crippen LogP contribution in [0.1, 0.15) is 48.1 Å². The zero-order valence-corrected chi connectivity index (χ0v) is 16.1. The lowest BCUT2D eigenvalue weighted by Crippen LogP contribution is -2.41. The number of nitrogens with zero attached hydrogens (tertiary/aromatic N) is 6. The van der Waals surface area contributed by atoms with E-state index in [1.807, 2.05) is 18.0 Å². The normalized spacial score (nSPS) is 17.1. The van der Waals surface area contributed by atoms with Crippen LogP contribution >= 0.6 is 0 Å². The fraction of sp³-hybridized carbons (Fsp3) is 0.611. The van der Waals surface area contributed by atoms with Crippen LogP contribution in [0.2, 0.25) is 0 Å². The summed E-state index contributed by atoms with van der Waals surface area (Å²) < 4.78 is 6.42. The molecule has 0 unspecified atom stereocenters. The van der Waals surface area contributed by atoms with Crippen molar-refractivity contribution < 1.29 is 14.2 Å². The average Bonchev–Trinajstić information content (AvgIpc) is 3.30. The number of likely N-dealkylation sites (tertiary alicyclic amines) is 1. The van der Waals surface area contributed by atoms with Gasteiger partial charge in [-0.15, -0.1) is 0 Å². The Labute approximate surface area is 158 Å². The number of carbonyl (C=O) groups is 2. The van der Waals surface area contributed by atoms with Crippen molar-refractivity contribution in [1.82, 2.24) is 29.9 Å². The van der Waals surface area contributed by atoms with Gasteiger partial charge in [0.1, 0.15) is 17.1 Å². The molecule has 2 amide bonds. The lowest BCUT2D eigenvalue weighted by atomic mass is 9.94. The molecule has 3 rings (SSSR count). The predicted octanol–water partition coefficient (Wildman–Crippen LogP) is 1.50. The monoisotopic (exact) mass is 374 g/mol. The van der Waals surface area contributed by atoms with Crippen LogP contribution < -0.4 is 0 Å². The maximum Gasteiger partial charge on any atom is 0.274 e. The summed E-state index contributed by atoms with van der Waals surface area (Å²) in [5.41, 5.74) is 1.82. The van der Waals surface area contributed by atoms with Gasteiger partial charge in [-0.05, 0) is 38.7 Å². The van der Waals surface area contributed by atoms with Crippen LogP contribution in [-0.2, 0) is 17.9 Å². The maximum absolute atomic E-state index is 12.7. The molecule has 0 aliphatic carbocycles. The molecule has 1 saturated heterocycles. The van der Waals surface area contributed by atoms with E-state index in [1.54, 1.807) is 29.6 Å². The first-order chi connectivity index (χ1) is 13.0. The van der Waals surface area contributed by atoms with Gasteiger partial charge in [0.25, 0.3) is 5.91 Å². The Morgan fingerprint density at radius 3 is 2.85 bits per heavy atom. The molecule has 0 radical (unpaired) electrons. The molecule has 0 N–H and O–H groups in total. The number of carbonyl (C=O) groups excluding carboxylic acids is 2. The smallest absolute Gasteiger partial charge is 0.274 e. The third kappa shape index (κ3) is 4.53. The van der Waals surface area contributed by atoms with Crippen LogP contribution in [0.15, 0.2) is 16.9 Å². The van der Waals surface area contributed by atoms with Gasteiger partial charge in [-0.1, -0.05) is 10.3 Å². The minimum Gasteiger partial charge on any atom is -0.340 e. The van der Waals surface area contributed by atoms with E-state index in [0.29, 0.717) is 43.1 Å². The van der Waals surface area contributed by atoms with Gasteiger partial charge in [0.15, 0.2) is 0 Å². The SMILES string of the molecule is CCn1ccc(C(=O)N2CCC[C@H](CC(=O)N(C)Cc3nonc3C)C2)n1. The molecule has 0 bridgehead atoms. The van der Waals surface area contributed by atoms with Gasteiger partial charge in [0, 0.05) is 39.3 Å². The van der Waals surface area contributed by atoms with Gasteiger partial charge in [0.2, 0.25) is 5.91 Å². The molecule has 9 heteroatoms. The van der Waals surface area contributed by atoms with Gasteiger partial charge in [-0.2, -0.15) is 5.10 Å². The lowest BCUT2D eigenvalue weighted by molar-refractivity contribution is -0.131. The van der Waals surface area contributed by atoms with Gasteiger partial charge >= 0.3 is 0 Å². The zero-order chi connectivity index (χ0) is 19.4. The Kier molecular flexibility index (Phi) is 5.88. The number of hydrogen-bond acceptors (Lipinski definition) is 6. The molecule has 27 heavy (non-hydrogen) atoms. The molecule has 3 heterocycles. The molecule has 1 fully saturated rings. The van der Waals surface area contributed by atoms with Crippen molar-refractivity contribution in [2.75, 3.05) is 20.1 Å². The molecule has 0 spiro atoms. The first kappa shape index (κ1) is 19.1. The third-order valence-electron chi connectivity index (χ3n) is 5.01. The molecule has 1 aliphatic heterocycles. The van der Waals surface area contributed by atoms with Gasteiger partial charge in [-0.25, -0.2) is 4.63 Å². The second kappa shape index (κ2) is 8.32. The first-order valence-electron chi connectivity index (χ1n) is 9.32. The average molecular weight is 374 g/mol. The first-order valence-corrected chi connectivity index (χ1v) is 9.32. The Bertz CT molecular complexity index is 799. The van der Waals surface area contributed by atoms with Crippen molar-refractivity contribution in [3.8, 4) is 0 Å². The van der Waals surface area contributed by atoms with E-state index in [2.05, 4.69) is 20.0 Å². The molecular formula is C18H26N6O3. The van der Waals surface area contributed by atoms with Crippen LogP contribution in [0, 0.1) is 12.8 Å². The number of piperidine rings is 1. The highest BCUT2D eigenvalue weighted by atomic mass is 16.6. The van der Waals surface area contributed by atoms with E-state index in [0.717, 1.165) is 19.4 Å². The summed E-state index contributed by atoms with van der Waals surface area (Å²) in [4.78, 5) is 28.7. The van der Waals surface area contributed by atoms with Crippen LogP contribution in [0.4, 0.5) is 0 Å². The minimum absolute atomic E-state index is 0.0342. The fourth-order valence-corrected chi connectivity index (χ4v) is 3.34. The molecule has 1 atom stereocenters. The zero-order valence-electron chi connectivity index (χ0n) is 16.1. The Morgan fingerprint density at radius 2 is 2.19 bits per heavy atom. The van der Waals surface area contributed by atoms with E-state index in [-0.39, 0.29) is 17.7 Å². The fourth-order valence-electron chi connectivity index (χ4n) is 3.34. The highest BCUT2D eigenvalue weighted by Gasteiger charge is 2.28. The molecule has 146 valence electrons. The Balaban J connectivity index is 1.55. The van der Waals surface area contributed by atoms with Crippen molar-refractivity contribution in [3.05, 3.63) is 29.3 Å². The Morgan fingerprint density at radius 1 is 1.37 bits per heavy atom. The van der Waals surface area contributed by atoms with E-state index >= 15 is 0 Å². The number of aryl methyl sites for hydroxylation is 2. The molecule has 9 nitrogen and oxygen atoms in total. The molecule has 2 aromatic heterocycles. The van der Waals surface area contributed by atoms with E-state index in [9.17, 15) is 9.59 Å². The lowest BCUT2D eigenvalue weighted by Gasteiger charge is -2.32. The van der Waals surface area contributed by atoms with Gasteiger partial charge in [0.05, 0.1) is 6.54 Å². The largest absolute Gasteiger partial charge is 0.340 e. The minimum atomic E-state index is -0.0583. The van der Waals surface area contributed by atoms with Crippen LogP contribution in [0.3, 0.4) is 0 Å². The number of rotatable bonds is 6. The summed E-state index contributed by atoms with van der Waals surface area (Å²) in [6, 6.07) is 1.75. The summed E-state index contributed by atoms with van der Waals surface area (Å²) in [5.74, 6) is 0.131. The molecule has 0 saturated carbocycles. The molecule has 1 aliphatic rings. The molecule has 0 aromatic carbocycles. The van der Waals surface area contributed by atoms with Crippen LogP contribution in [-0.4, -0.2) is 61.8 Å². The predicted molar refractivity (Wildman–Crippen MR) is 96.7 cm³/mol. The van der Waals surface area contributed by atoms with Crippen molar-refractivity contribution >= 4 is 11.8 Å². The van der Waals surface area contributed by atoms with Crippen molar-refractivity contribution in [1.29, 1.82) is 0 Å². The topological polar surface area (TPSA) is 97.4 Å². The third-order valence-corrected chi connectivity index (χ3v) is 5.01. The number of aromatic nitrogens is 4. The van der Waals surface area contributed by atoms with E-state index in [4.69, 9.17) is 0 Å². The standard InChI is InChI=1S/C18H26N6O3/c1-4-24-9-7-15(19-24)18(26)23-8-5-6-14(11-23)10-17(25)22(3)12-16-13(2)20-27-21-16/h7,9,14H,4-6,8,10-12H2,1-3H3/t14-/m1/s1.